The predicted octanol–water partition coefficient (Wildman–Crippen LogP) is 3.63. The molecule has 1 N–H and O–H groups in total. The standard InChI is InChI=1S/C23H15ClF6N4O5/c1-31-15-6-5-12(7-16(15)34(20(31)38)10-22(25,26)27)32-9-13(19(36)37)18(35)33(21(32)39)8-11-3-2-4-14(17(11)24)23(28,29)30/h2-7,9H,8,10H2,1H3,(H,36,37). The number of carboxylic acids is 1. The number of aromatic nitrogens is 4. The highest BCUT2D eigenvalue weighted by Crippen LogP contribution is 2.36. The molecule has 9 nitrogen and oxygen atoms in total. The number of carboxylic acid groups (broad SMARTS) is 1. The van der Waals surface area contributed by atoms with Crippen LogP contribution in [0.2, 0.25) is 5.02 Å². The van der Waals surface area contributed by atoms with Crippen LogP contribution in [0.25, 0.3) is 16.7 Å². The van der Waals surface area contributed by atoms with E-state index in [1.54, 1.807) is 0 Å². The van der Waals surface area contributed by atoms with Gasteiger partial charge in [-0.25, -0.2) is 14.4 Å². The number of aromatic carboxylic acids is 1. The molecule has 0 unspecified atom stereocenters. The lowest BCUT2D eigenvalue weighted by atomic mass is 10.1. The molecule has 0 saturated heterocycles. The summed E-state index contributed by atoms with van der Waals surface area (Å²) < 4.78 is 81.5. The molecule has 2 aromatic heterocycles. The van der Waals surface area contributed by atoms with Crippen molar-refractivity contribution in [1.29, 1.82) is 0 Å². The number of carbonyl (C=O) groups is 1. The van der Waals surface area contributed by atoms with Crippen LogP contribution < -0.4 is 16.9 Å². The number of rotatable bonds is 5. The second kappa shape index (κ2) is 9.48. The second-order valence-electron chi connectivity index (χ2n) is 8.38. The molecule has 206 valence electrons. The third kappa shape index (κ3) is 5.08. The molecule has 0 saturated carbocycles. The Bertz CT molecular complexity index is 1810. The van der Waals surface area contributed by atoms with Gasteiger partial charge >= 0.3 is 29.7 Å². The van der Waals surface area contributed by atoms with Gasteiger partial charge in [-0.3, -0.25) is 23.1 Å². The van der Waals surface area contributed by atoms with E-state index in [0.29, 0.717) is 26.0 Å². The third-order valence-electron chi connectivity index (χ3n) is 5.86. The monoisotopic (exact) mass is 576 g/mol. The zero-order chi connectivity index (χ0) is 29.0. The summed E-state index contributed by atoms with van der Waals surface area (Å²) in [7, 11) is 1.23. The van der Waals surface area contributed by atoms with Crippen LogP contribution >= 0.6 is 11.6 Å². The Morgan fingerprint density at radius 3 is 2.21 bits per heavy atom. The van der Waals surface area contributed by atoms with E-state index in [-0.39, 0.29) is 22.3 Å². The van der Waals surface area contributed by atoms with Gasteiger partial charge in [-0.15, -0.1) is 0 Å². The minimum absolute atomic E-state index is 0.0589. The van der Waals surface area contributed by atoms with Crippen molar-refractivity contribution in [1.82, 2.24) is 18.3 Å². The van der Waals surface area contributed by atoms with Crippen LogP contribution in [0.5, 0.6) is 0 Å². The van der Waals surface area contributed by atoms with Crippen molar-refractivity contribution >= 4 is 28.6 Å². The van der Waals surface area contributed by atoms with Gasteiger partial charge in [-0.2, -0.15) is 26.3 Å². The Kier molecular flexibility index (Phi) is 6.75. The van der Waals surface area contributed by atoms with E-state index in [2.05, 4.69) is 0 Å². The fourth-order valence-corrected chi connectivity index (χ4v) is 4.34. The summed E-state index contributed by atoms with van der Waals surface area (Å²) in [6.07, 6.45) is -9.01. The lowest BCUT2D eigenvalue weighted by molar-refractivity contribution is -0.140. The molecule has 2 aromatic carbocycles. The predicted molar refractivity (Wildman–Crippen MR) is 126 cm³/mol. The van der Waals surface area contributed by atoms with Gasteiger partial charge in [-0.05, 0) is 29.8 Å². The maximum absolute atomic E-state index is 13.3. The van der Waals surface area contributed by atoms with Gasteiger partial charge in [0, 0.05) is 13.2 Å². The fourth-order valence-electron chi connectivity index (χ4n) is 4.04. The van der Waals surface area contributed by atoms with Crippen LogP contribution in [0, 0.1) is 0 Å². The molecule has 0 aliphatic rings. The number of fused-ring (bicyclic) bond motifs is 1. The normalized spacial score (nSPS) is 12.3. The molecule has 0 fully saturated rings. The first kappa shape index (κ1) is 27.8. The first-order valence-electron chi connectivity index (χ1n) is 10.7. The molecule has 4 aromatic rings. The summed E-state index contributed by atoms with van der Waals surface area (Å²) in [5.74, 6) is -1.78. The summed E-state index contributed by atoms with van der Waals surface area (Å²) >= 11 is 5.87. The summed E-state index contributed by atoms with van der Waals surface area (Å²) in [5, 5.41) is 8.72. The molecule has 0 radical (unpaired) electrons. The maximum Gasteiger partial charge on any atom is 0.417 e. The van der Waals surface area contributed by atoms with Crippen molar-refractivity contribution in [2.24, 2.45) is 7.05 Å². The molecule has 4 rings (SSSR count). The minimum Gasteiger partial charge on any atom is -0.477 e. The van der Waals surface area contributed by atoms with Crippen molar-refractivity contribution < 1.29 is 36.2 Å². The van der Waals surface area contributed by atoms with Gasteiger partial charge < -0.3 is 5.11 Å². The molecule has 39 heavy (non-hydrogen) atoms. The number of hydrogen-bond donors (Lipinski definition) is 1. The van der Waals surface area contributed by atoms with E-state index in [1.807, 2.05) is 0 Å². The van der Waals surface area contributed by atoms with E-state index in [0.717, 1.165) is 22.8 Å². The lowest BCUT2D eigenvalue weighted by Crippen LogP contribution is -2.42. The first-order valence-corrected chi connectivity index (χ1v) is 11.1. The van der Waals surface area contributed by atoms with Crippen LogP contribution in [0.3, 0.4) is 0 Å². The highest BCUT2D eigenvalue weighted by molar-refractivity contribution is 6.32. The van der Waals surface area contributed by atoms with Crippen molar-refractivity contribution in [3.8, 4) is 5.69 Å². The average molecular weight is 577 g/mol. The largest absolute Gasteiger partial charge is 0.477 e. The van der Waals surface area contributed by atoms with Gasteiger partial charge in [-0.1, -0.05) is 23.7 Å². The molecule has 0 aliphatic heterocycles. The van der Waals surface area contributed by atoms with E-state index in [4.69, 9.17) is 11.6 Å². The Balaban J connectivity index is 1.96. The van der Waals surface area contributed by atoms with Crippen molar-refractivity contribution in [3.63, 3.8) is 0 Å². The molecule has 0 atom stereocenters. The number of hydrogen-bond acceptors (Lipinski definition) is 4. The molecule has 16 heteroatoms. The molecular weight excluding hydrogens is 562 g/mol. The topological polar surface area (TPSA) is 108 Å². The summed E-state index contributed by atoms with van der Waals surface area (Å²) in [5.41, 5.74) is -6.53. The quantitative estimate of drug-likeness (QED) is 0.365. The van der Waals surface area contributed by atoms with Crippen molar-refractivity contribution in [2.75, 3.05) is 0 Å². The highest BCUT2D eigenvalue weighted by atomic mass is 35.5. The van der Waals surface area contributed by atoms with Crippen LogP contribution in [0.15, 0.2) is 57.0 Å². The summed E-state index contributed by atoms with van der Waals surface area (Å²) in [6.45, 7) is -2.51. The zero-order valence-corrected chi connectivity index (χ0v) is 20.2. The van der Waals surface area contributed by atoms with E-state index < -0.39 is 64.5 Å². The smallest absolute Gasteiger partial charge is 0.417 e. The Hall–Kier alpha value is -4.27. The van der Waals surface area contributed by atoms with Crippen LogP contribution in [0.4, 0.5) is 26.3 Å². The number of imidazole rings is 1. The van der Waals surface area contributed by atoms with Crippen LogP contribution in [-0.4, -0.2) is 35.5 Å². The SMILES string of the molecule is Cn1c(=O)n(CC(F)(F)F)c2cc(-n3cc(C(=O)O)c(=O)n(Cc4cccc(C(F)(F)F)c4Cl)c3=O)ccc21. The Morgan fingerprint density at radius 2 is 1.62 bits per heavy atom. The van der Waals surface area contributed by atoms with Gasteiger partial charge in [0.1, 0.15) is 12.1 Å². The second-order valence-corrected chi connectivity index (χ2v) is 8.76. The number of alkyl halides is 6. The minimum atomic E-state index is -4.86. The van der Waals surface area contributed by atoms with Gasteiger partial charge in [0.2, 0.25) is 0 Å². The van der Waals surface area contributed by atoms with Gasteiger partial charge in [0.15, 0.2) is 0 Å². The van der Waals surface area contributed by atoms with Crippen LogP contribution in [0.1, 0.15) is 21.5 Å². The zero-order valence-electron chi connectivity index (χ0n) is 19.5. The number of nitrogens with zero attached hydrogens (tertiary/aromatic N) is 4. The number of benzene rings is 2. The molecule has 2 heterocycles. The van der Waals surface area contributed by atoms with Crippen molar-refractivity contribution in [3.05, 3.63) is 95.6 Å². The maximum atomic E-state index is 13.3. The average Bonchev–Trinajstić information content (AvgIpc) is 3.05. The third-order valence-corrected chi connectivity index (χ3v) is 6.30. The lowest BCUT2D eigenvalue weighted by Gasteiger charge is -2.15. The fraction of sp³-hybridized carbons (Fsp3) is 0.217. The highest BCUT2D eigenvalue weighted by Gasteiger charge is 2.34. The van der Waals surface area contributed by atoms with Gasteiger partial charge in [0.05, 0.1) is 33.9 Å². The molecular formula is C23H15ClF6N4O5. The summed E-state index contributed by atoms with van der Waals surface area (Å²) in [6, 6.07) is 6.19. The van der Waals surface area contributed by atoms with Gasteiger partial charge in [0.25, 0.3) is 5.56 Å². The summed E-state index contributed by atoms with van der Waals surface area (Å²) in [4.78, 5) is 50.3. The van der Waals surface area contributed by atoms with E-state index in [9.17, 15) is 50.6 Å². The van der Waals surface area contributed by atoms with Crippen LogP contribution in [-0.2, 0) is 26.3 Å². The Morgan fingerprint density at radius 1 is 0.949 bits per heavy atom. The number of aryl methyl sites for hydroxylation is 1. The molecule has 0 amide bonds. The Labute approximate surface area is 217 Å². The first-order chi connectivity index (χ1) is 18.0. The van der Waals surface area contributed by atoms with Crippen molar-refractivity contribution in [2.45, 2.75) is 25.4 Å². The van der Waals surface area contributed by atoms with E-state index >= 15 is 0 Å². The molecule has 0 bridgehead atoms. The molecule has 0 spiro atoms. The molecule has 0 aliphatic carbocycles. The number of halogens is 7. The van der Waals surface area contributed by atoms with E-state index in [1.165, 1.54) is 19.2 Å².